The van der Waals surface area contributed by atoms with Crippen molar-refractivity contribution in [3.05, 3.63) is 34.6 Å². The van der Waals surface area contributed by atoms with Crippen LogP contribution < -0.4 is 5.32 Å². The topological polar surface area (TPSA) is 41.6 Å². The number of piperidine rings is 1. The minimum absolute atomic E-state index is 0.211. The predicted octanol–water partition coefficient (Wildman–Crippen LogP) is 3.29. The molecule has 1 amide bonds. The van der Waals surface area contributed by atoms with Gasteiger partial charge < -0.3 is 10.1 Å². The van der Waals surface area contributed by atoms with Crippen molar-refractivity contribution in [3.63, 3.8) is 0 Å². The molecule has 3 aliphatic rings. The molecule has 1 N–H and O–H groups in total. The second-order valence-electron chi connectivity index (χ2n) is 7.80. The zero-order chi connectivity index (χ0) is 20.0. The van der Waals surface area contributed by atoms with E-state index in [9.17, 15) is 26.7 Å². The van der Waals surface area contributed by atoms with E-state index in [1.54, 1.807) is 0 Å². The number of carbonyl (C=O) groups excluding carboxylic acids is 1. The number of carbonyl (C=O) groups is 1. The van der Waals surface area contributed by atoms with Crippen LogP contribution in [0.25, 0.3) is 0 Å². The zero-order valence-electron chi connectivity index (χ0n) is 15.1. The van der Waals surface area contributed by atoms with Gasteiger partial charge in [0.15, 0.2) is 23.3 Å². The van der Waals surface area contributed by atoms with E-state index in [-0.39, 0.29) is 24.2 Å². The summed E-state index contributed by atoms with van der Waals surface area (Å²) in [6.07, 6.45) is 5.33. The number of rotatable bonds is 4. The molecule has 0 aliphatic carbocycles. The van der Waals surface area contributed by atoms with Gasteiger partial charge in [-0.3, -0.25) is 9.69 Å². The largest absolute Gasteiger partial charge is 0.377 e. The molecule has 28 heavy (non-hydrogen) atoms. The van der Waals surface area contributed by atoms with Gasteiger partial charge in [-0.15, -0.1) is 0 Å². The van der Waals surface area contributed by atoms with E-state index in [4.69, 9.17) is 4.74 Å². The summed E-state index contributed by atoms with van der Waals surface area (Å²) >= 11 is 0. The summed E-state index contributed by atoms with van der Waals surface area (Å²) in [5.74, 6) is -12.0. The molecule has 3 aliphatic heterocycles. The van der Waals surface area contributed by atoms with Gasteiger partial charge in [0.1, 0.15) is 5.56 Å². The molecule has 0 aromatic heterocycles. The van der Waals surface area contributed by atoms with Gasteiger partial charge >= 0.3 is 0 Å². The van der Waals surface area contributed by atoms with Crippen LogP contribution in [0.4, 0.5) is 22.0 Å². The van der Waals surface area contributed by atoms with Crippen molar-refractivity contribution in [2.75, 3.05) is 13.2 Å². The van der Waals surface area contributed by atoms with E-state index in [2.05, 4.69) is 10.2 Å². The lowest BCUT2D eigenvalue weighted by Crippen LogP contribution is -2.52. The Bertz CT molecular complexity index is 741. The number of hydrogen-bond acceptors (Lipinski definition) is 3. The molecule has 4 nitrogen and oxygen atoms in total. The number of amides is 1. The zero-order valence-corrected chi connectivity index (χ0v) is 15.1. The van der Waals surface area contributed by atoms with E-state index in [1.807, 2.05) is 0 Å². The van der Waals surface area contributed by atoms with Gasteiger partial charge in [0, 0.05) is 31.3 Å². The molecule has 3 fully saturated rings. The predicted molar refractivity (Wildman–Crippen MR) is 89.2 cm³/mol. The fraction of sp³-hybridized carbons (Fsp3) is 0.632. The fourth-order valence-corrected chi connectivity index (χ4v) is 4.78. The van der Waals surface area contributed by atoms with Crippen LogP contribution in [-0.4, -0.2) is 48.2 Å². The Morgan fingerprint density at radius 1 is 0.929 bits per heavy atom. The van der Waals surface area contributed by atoms with Crippen LogP contribution in [0.3, 0.4) is 0 Å². The number of hydrogen-bond donors (Lipinski definition) is 1. The van der Waals surface area contributed by atoms with Gasteiger partial charge in [-0.2, -0.15) is 0 Å². The first-order valence-corrected chi connectivity index (χ1v) is 9.56. The van der Waals surface area contributed by atoms with E-state index in [1.165, 1.54) is 0 Å². The van der Waals surface area contributed by atoms with Crippen molar-refractivity contribution < 1.29 is 31.5 Å². The SMILES string of the molecule is O=C(NC1CC2CCC(C1)N2CC1CCCO1)c1c(F)c(F)c(F)c(F)c1F. The van der Waals surface area contributed by atoms with Crippen LogP contribution in [0.15, 0.2) is 0 Å². The molecule has 0 spiro atoms. The van der Waals surface area contributed by atoms with Crippen molar-refractivity contribution in [1.82, 2.24) is 10.2 Å². The lowest BCUT2D eigenvalue weighted by atomic mass is 9.96. The van der Waals surface area contributed by atoms with Gasteiger partial charge in [-0.05, 0) is 38.5 Å². The maximum absolute atomic E-state index is 13.9. The third-order valence-electron chi connectivity index (χ3n) is 6.09. The third kappa shape index (κ3) is 3.39. The first-order valence-electron chi connectivity index (χ1n) is 9.56. The Kier molecular flexibility index (Phi) is 5.30. The van der Waals surface area contributed by atoms with Crippen molar-refractivity contribution in [1.29, 1.82) is 0 Å². The van der Waals surface area contributed by atoms with Gasteiger partial charge in [-0.25, -0.2) is 22.0 Å². The Morgan fingerprint density at radius 3 is 2.04 bits per heavy atom. The standard InChI is InChI=1S/C19H21F5N2O2/c20-14-13(15(21)17(23)18(24)16(14)22)19(27)25-9-6-10-3-4-11(7-9)26(10)8-12-2-1-5-28-12/h9-12H,1-8H2,(H,25,27). The van der Waals surface area contributed by atoms with E-state index < -0.39 is 40.6 Å². The molecule has 1 aromatic rings. The number of nitrogens with zero attached hydrogens (tertiary/aromatic N) is 1. The molecular formula is C19H21F5N2O2. The lowest BCUT2D eigenvalue weighted by Gasteiger charge is -2.40. The molecule has 0 radical (unpaired) electrons. The molecule has 3 atom stereocenters. The highest BCUT2D eigenvalue weighted by atomic mass is 19.2. The molecule has 0 saturated carbocycles. The number of nitrogens with one attached hydrogen (secondary N) is 1. The van der Waals surface area contributed by atoms with Gasteiger partial charge in [0.25, 0.3) is 5.91 Å². The van der Waals surface area contributed by atoms with Crippen molar-refractivity contribution in [2.45, 2.75) is 62.8 Å². The van der Waals surface area contributed by atoms with Crippen LogP contribution in [0.2, 0.25) is 0 Å². The van der Waals surface area contributed by atoms with Crippen LogP contribution >= 0.6 is 0 Å². The van der Waals surface area contributed by atoms with Crippen LogP contribution in [-0.2, 0) is 4.74 Å². The molecule has 9 heteroatoms. The van der Waals surface area contributed by atoms with Crippen LogP contribution in [0.5, 0.6) is 0 Å². The highest BCUT2D eigenvalue weighted by molar-refractivity contribution is 5.95. The van der Waals surface area contributed by atoms with Crippen molar-refractivity contribution >= 4 is 5.91 Å². The Morgan fingerprint density at radius 2 is 1.50 bits per heavy atom. The maximum Gasteiger partial charge on any atom is 0.257 e. The summed E-state index contributed by atoms with van der Waals surface area (Å²) in [4.78, 5) is 14.7. The minimum atomic E-state index is -2.27. The van der Waals surface area contributed by atoms with Gasteiger partial charge in [0.05, 0.1) is 6.10 Å². The van der Waals surface area contributed by atoms with Crippen molar-refractivity contribution in [3.8, 4) is 0 Å². The number of ether oxygens (including phenoxy) is 1. The molecule has 3 unspecified atom stereocenters. The third-order valence-corrected chi connectivity index (χ3v) is 6.09. The number of fused-ring (bicyclic) bond motifs is 2. The van der Waals surface area contributed by atoms with E-state index in [0.717, 1.165) is 38.8 Å². The fourth-order valence-electron chi connectivity index (χ4n) is 4.78. The minimum Gasteiger partial charge on any atom is -0.377 e. The van der Waals surface area contributed by atoms with Crippen LogP contribution in [0, 0.1) is 29.1 Å². The van der Waals surface area contributed by atoms with Gasteiger partial charge in [0.2, 0.25) is 5.82 Å². The summed E-state index contributed by atoms with van der Waals surface area (Å²) in [5, 5.41) is 2.47. The molecular weight excluding hydrogens is 383 g/mol. The van der Waals surface area contributed by atoms with E-state index >= 15 is 0 Å². The number of halogens is 5. The summed E-state index contributed by atoms with van der Waals surface area (Å²) in [7, 11) is 0. The summed E-state index contributed by atoms with van der Waals surface area (Å²) in [6, 6.07) is 0.0509. The molecule has 3 saturated heterocycles. The number of benzene rings is 1. The first kappa shape index (κ1) is 19.6. The molecule has 2 bridgehead atoms. The monoisotopic (exact) mass is 404 g/mol. The van der Waals surface area contributed by atoms with Crippen molar-refractivity contribution in [2.24, 2.45) is 0 Å². The average Bonchev–Trinajstić information content (AvgIpc) is 3.25. The molecule has 3 heterocycles. The maximum atomic E-state index is 13.9. The van der Waals surface area contributed by atoms with Gasteiger partial charge in [-0.1, -0.05) is 0 Å². The Balaban J connectivity index is 1.44. The second kappa shape index (κ2) is 7.59. The average molecular weight is 404 g/mol. The highest BCUT2D eigenvalue weighted by Gasteiger charge is 2.42. The molecule has 1 aromatic carbocycles. The Labute approximate surface area is 159 Å². The summed E-state index contributed by atoms with van der Waals surface area (Å²) < 4.78 is 73.3. The normalized spacial score (nSPS) is 30.0. The summed E-state index contributed by atoms with van der Waals surface area (Å²) in [6.45, 7) is 1.60. The lowest BCUT2D eigenvalue weighted by molar-refractivity contribution is 0.0331. The summed E-state index contributed by atoms with van der Waals surface area (Å²) in [5.41, 5.74) is -1.43. The molecule has 4 rings (SSSR count). The second-order valence-corrected chi connectivity index (χ2v) is 7.80. The smallest absolute Gasteiger partial charge is 0.257 e. The molecule has 154 valence electrons. The first-order chi connectivity index (χ1) is 13.4. The van der Waals surface area contributed by atoms with E-state index in [0.29, 0.717) is 12.8 Å². The van der Waals surface area contributed by atoms with Crippen LogP contribution in [0.1, 0.15) is 48.9 Å². The highest BCUT2D eigenvalue weighted by Crippen LogP contribution is 2.37. The quantitative estimate of drug-likeness (QED) is 0.476. The Hall–Kier alpha value is -1.74.